The lowest BCUT2D eigenvalue weighted by molar-refractivity contribution is 0.0318. The lowest BCUT2D eigenvalue weighted by Gasteiger charge is -2.27. The molecule has 0 aliphatic heterocycles. The first-order chi connectivity index (χ1) is 9.63. The highest BCUT2D eigenvalue weighted by Gasteiger charge is 2.22. The van der Waals surface area contributed by atoms with E-state index in [1.807, 2.05) is 6.92 Å². The maximum atomic E-state index is 13.9. The number of hydrogen-bond donors (Lipinski definition) is 1. The van der Waals surface area contributed by atoms with Crippen molar-refractivity contribution in [1.29, 1.82) is 0 Å². The summed E-state index contributed by atoms with van der Waals surface area (Å²) in [6.07, 6.45) is 2.54. The van der Waals surface area contributed by atoms with Gasteiger partial charge in [0.1, 0.15) is 5.82 Å². The first kappa shape index (κ1) is 17.4. The Morgan fingerprint density at radius 2 is 2.05 bits per heavy atom. The van der Waals surface area contributed by atoms with Crippen LogP contribution in [0.5, 0.6) is 0 Å². The largest absolute Gasteiger partial charge is 0.377 e. The van der Waals surface area contributed by atoms with Gasteiger partial charge in [-0.3, -0.25) is 0 Å². The number of nitrogens with one attached hydrogen (secondary N) is 1. The van der Waals surface area contributed by atoms with Crippen LogP contribution in [0.2, 0.25) is 5.02 Å². The average Bonchev–Trinajstić information content (AvgIpc) is 2.44. The Morgan fingerprint density at radius 3 is 2.60 bits per heavy atom. The van der Waals surface area contributed by atoms with Gasteiger partial charge in [-0.2, -0.15) is 0 Å². The topological polar surface area (TPSA) is 21.3 Å². The maximum Gasteiger partial charge on any atom is 0.127 e. The van der Waals surface area contributed by atoms with E-state index in [0.717, 1.165) is 19.4 Å². The third-order valence-electron chi connectivity index (χ3n) is 3.37. The minimum atomic E-state index is -0.243. The van der Waals surface area contributed by atoms with Crippen LogP contribution in [0.3, 0.4) is 0 Å². The van der Waals surface area contributed by atoms with E-state index in [9.17, 15) is 4.39 Å². The van der Waals surface area contributed by atoms with Crippen LogP contribution in [0.1, 0.15) is 39.2 Å². The first-order valence-corrected chi connectivity index (χ1v) is 7.79. The highest BCUT2D eigenvalue weighted by atomic mass is 35.5. The number of hydrogen-bond acceptors (Lipinski definition) is 2. The molecule has 0 heterocycles. The number of benzene rings is 1. The fourth-order valence-corrected chi connectivity index (χ4v) is 2.58. The molecule has 0 amide bonds. The molecule has 0 aliphatic carbocycles. The minimum absolute atomic E-state index is 0.0715. The van der Waals surface area contributed by atoms with E-state index in [4.69, 9.17) is 16.3 Å². The van der Waals surface area contributed by atoms with Crippen molar-refractivity contribution in [2.45, 2.75) is 52.2 Å². The Bertz CT molecular complexity index is 380. The summed E-state index contributed by atoms with van der Waals surface area (Å²) in [5.74, 6) is -0.243. The van der Waals surface area contributed by atoms with E-state index in [1.165, 1.54) is 6.07 Å². The summed E-state index contributed by atoms with van der Waals surface area (Å²) in [6.45, 7) is 7.73. The van der Waals surface area contributed by atoms with E-state index < -0.39 is 0 Å². The Kier molecular flexibility index (Phi) is 8.12. The molecule has 2 unspecified atom stereocenters. The Hall–Kier alpha value is -0.640. The molecule has 20 heavy (non-hydrogen) atoms. The van der Waals surface area contributed by atoms with E-state index in [2.05, 4.69) is 19.2 Å². The van der Waals surface area contributed by atoms with Gasteiger partial charge in [0.25, 0.3) is 0 Å². The van der Waals surface area contributed by atoms with Crippen molar-refractivity contribution >= 4 is 11.6 Å². The highest BCUT2D eigenvalue weighted by molar-refractivity contribution is 6.31. The van der Waals surface area contributed by atoms with E-state index in [0.29, 0.717) is 23.6 Å². The zero-order valence-corrected chi connectivity index (χ0v) is 13.3. The van der Waals surface area contributed by atoms with Crippen molar-refractivity contribution in [2.75, 3.05) is 13.2 Å². The molecule has 0 aromatic heterocycles. The van der Waals surface area contributed by atoms with Gasteiger partial charge in [-0.15, -0.1) is 0 Å². The van der Waals surface area contributed by atoms with Crippen LogP contribution in [0, 0.1) is 5.82 Å². The van der Waals surface area contributed by atoms with Crippen LogP contribution in [-0.4, -0.2) is 25.3 Å². The van der Waals surface area contributed by atoms with Gasteiger partial charge in [-0.25, -0.2) is 4.39 Å². The van der Waals surface area contributed by atoms with Crippen LogP contribution >= 0.6 is 11.6 Å². The molecule has 1 N–H and O–H groups in total. The SMILES string of the molecule is CCCNC(Cc1c(F)cccc1Cl)C(CC)OCC. The third kappa shape index (κ3) is 5.04. The number of ether oxygens (including phenoxy) is 1. The second-order valence-corrected chi connectivity index (χ2v) is 5.27. The van der Waals surface area contributed by atoms with Crippen LogP contribution < -0.4 is 5.32 Å². The lowest BCUT2D eigenvalue weighted by Crippen LogP contribution is -2.43. The molecule has 2 nitrogen and oxygen atoms in total. The molecule has 0 fully saturated rings. The summed E-state index contributed by atoms with van der Waals surface area (Å²) in [4.78, 5) is 0. The molecule has 0 saturated heterocycles. The molecule has 1 aromatic rings. The summed E-state index contributed by atoms with van der Waals surface area (Å²) in [5, 5.41) is 3.94. The molecule has 1 rings (SSSR count). The standard InChI is InChI=1S/C16H25ClFNO/c1-4-10-19-15(16(5-2)20-6-3)11-12-13(17)8-7-9-14(12)18/h7-9,15-16,19H,4-6,10-11H2,1-3H3. The van der Waals surface area contributed by atoms with Gasteiger partial charge in [0.2, 0.25) is 0 Å². The van der Waals surface area contributed by atoms with Crippen LogP contribution in [0.15, 0.2) is 18.2 Å². The predicted molar refractivity (Wildman–Crippen MR) is 82.9 cm³/mol. The summed E-state index contributed by atoms with van der Waals surface area (Å²) in [6, 6.07) is 4.91. The van der Waals surface area contributed by atoms with Crippen LogP contribution in [0.4, 0.5) is 4.39 Å². The zero-order chi connectivity index (χ0) is 15.0. The van der Waals surface area contributed by atoms with Crippen LogP contribution in [0.25, 0.3) is 0 Å². The second-order valence-electron chi connectivity index (χ2n) is 4.87. The predicted octanol–water partition coefficient (Wildman–Crippen LogP) is 4.20. The summed E-state index contributed by atoms with van der Waals surface area (Å²) >= 11 is 6.12. The fourth-order valence-electron chi connectivity index (χ4n) is 2.34. The molecule has 0 spiro atoms. The van der Waals surface area contributed by atoms with E-state index in [-0.39, 0.29) is 18.0 Å². The smallest absolute Gasteiger partial charge is 0.127 e. The second kappa shape index (κ2) is 9.32. The van der Waals surface area contributed by atoms with Crippen molar-refractivity contribution in [3.8, 4) is 0 Å². The van der Waals surface area contributed by atoms with Gasteiger partial charge in [-0.1, -0.05) is 31.5 Å². The Balaban J connectivity index is 2.87. The van der Waals surface area contributed by atoms with Crippen molar-refractivity contribution < 1.29 is 9.13 Å². The van der Waals surface area contributed by atoms with Crippen molar-refractivity contribution in [2.24, 2.45) is 0 Å². The van der Waals surface area contributed by atoms with Gasteiger partial charge in [0, 0.05) is 23.2 Å². The molecule has 0 saturated carbocycles. The zero-order valence-electron chi connectivity index (χ0n) is 12.6. The number of rotatable bonds is 9. The molecular formula is C16H25ClFNO. The summed E-state index contributed by atoms with van der Waals surface area (Å²) in [7, 11) is 0. The van der Waals surface area contributed by atoms with Gasteiger partial charge in [0.15, 0.2) is 0 Å². The van der Waals surface area contributed by atoms with Crippen LogP contribution in [-0.2, 0) is 11.2 Å². The lowest BCUT2D eigenvalue weighted by atomic mass is 9.98. The summed E-state index contributed by atoms with van der Waals surface area (Å²) < 4.78 is 19.7. The molecule has 0 radical (unpaired) electrons. The molecule has 0 aliphatic rings. The quantitative estimate of drug-likeness (QED) is 0.738. The average molecular weight is 302 g/mol. The normalized spacial score (nSPS) is 14.2. The number of halogens is 2. The molecule has 1 aromatic carbocycles. The van der Waals surface area contributed by atoms with Gasteiger partial charge >= 0.3 is 0 Å². The fraction of sp³-hybridized carbons (Fsp3) is 0.625. The maximum absolute atomic E-state index is 13.9. The minimum Gasteiger partial charge on any atom is -0.377 e. The first-order valence-electron chi connectivity index (χ1n) is 7.41. The molecule has 4 heteroatoms. The van der Waals surface area contributed by atoms with E-state index in [1.54, 1.807) is 12.1 Å². The van der Waals surface area contributed by atoms with Gasteiger partial charge < -0.3 is 10.1 Å². The van der Waals surface area contributed by atoms with Crippen molar-refractivity contribution in [3.63, 3.8) is 0 Å². The highest BCUT2D eigenvalue weighted by Crippen LogP contribution is 2.22. The molecule has 2 atom stereocenters. The Labute approximate surface area is 126 Å². The van der Waals surface area contributed by atoms with Crippen molar-refractivity contribution in [1.82, 2.24) is 5.32 Å². The molecule has 0 bridgehead atoms. The third-order valence-corrected chi connectivity index (χ3v) is 3.73. The van der Waals surface area contributed by atoms with Crippen molar-refractivity contribution in [3.05, 3.63) is 34.6 Å². The molecule has 114 valence electrons. The monoisotopic (exact) mass is 301 g/mol. The summed E-state index contributed by atoms with van der Waals surface area (Å²) in [5.41, 5.74) is 0.570. The molecular weight excluding hydrogens is 277 g/mol. The van der Waals surface area contributed by atoms with Gasteiger partial charge in [-0.05, 0) is 44.9 Å². The van der Waals surface area contributed by atoms with E-state index >= 15 is 0 Å². The Morgan fingerprint density at radius 1 is 1.30 bits per heavy atom. The van der Waals surface area contributed by atoms with Gasteiger partial charge in [0.05, 0.1) is 6.10 Å².